The van der Waals surface area contributed by atoms with Crippen molar-refractivity contribution >= 4 is 29.9 Å². The van der Waals surface area contributed by atoms with E-state index >= 15 is 0 Å². The van der Waals surface area contributed by atoms with Gasteiger partial charge in [0, 0.05) is 31.2 Å². The molecule has 0 saturated heterocycles. The van der Waals surface area contributed by atoms with Gasteiger partial charge in [0.15, 0.2) is 0 Å². The van der Waals surface area contributed by atoms with Gasteiger partial charge in [-0.05, 0) is 37.0 Å². The van der Waals surface area contributed by atoms with Gasteiger partial charge in [-0.3, -0.25) is 9.59 Å². The number of anilines is 1. The molecule has 1 aromatic rings. The van der Waals surface area contributed by atoms with Crippen molar-refractivity contribution < 1.29 is 22.8 Å². The third-order valence-corrected chi connectivity index (χ3v) is 4.05. The van der Waals surface area contributed by atoms with E-state index in [9.17, 15) is 22.8 Å². The van der Waals surface area contributed by atoms with Crippen molar-refractivity contribution in [2.45, 2.75) is 38.0 Å². The van der Waals surface area contributed by atoms with Crippen molar-refractivity contribution in [3.8, 4) is 0 Å². The predicted molar refractivity (Wildman–Crippen MR) is 90.2 cm³/mol. The Kier molecular flexibility index (Phi) is 7.25. The van der Waals surface area contributed by atoms with Crippen molar-refractivity contribution in [2.24, 2.45) is 11.7 Å². The molecule has 0 aliphatic heterocycles. The number of amides is 2. The zero-order valence-corrected chi connectivity index (χ0v) is 14.5. The first-order valence-corrected chi connectivity index (χ1v) is 7.64. The molecule has 1 aromatic carbocycles. The smallest absolute Gasteiger partial charge is 0.334 e. The van der Waals surface area contributed by atoms with Crippen LogP contribution in [0.15, 0.2) is 24.3 Å². The Morgan fingerprint density at radius 1 is 1.32 bits per heavy atom. The maximum atomic E-state index is 12.4. The van der Waals surface area contributed by atoms with E-state index in [0.717, 1.165) is 19.9 Å². The summed E-state index contributed by atoms with van der Waals surface area (Å²) in [5, 5.41) is 2.76. The molecule has 0 heterocycles. The number of nitrogens with two attached hydrogens (primary N) is 1. The van der Waals surface area contributed by atoms with Gasteiger partial charge in [0.25, 0.3) is 0 Å². The number of hydrogen-bond acceptors (Lipinski definition) is 3. The molecule has 2 unspecified atom stereocenters. The molecule has 25 heavy (non-hydrogen) atoms. The van der Waals surface area contributed by atoms with Gasteiger partial charge in [-0.25, -0.2) is 0 Å². The molecule has 1 aliphatic rings. The summed E-state index contributed by atoms with van der Waals surface area (Å²) in [5.41, 5.74) is 6.78. The average Bonchev–Trinajstić information content (AvgIpc) is 2.92. The second kappa shape index (κ2) is 8.53. The van der Waals surface area contributed by atoms with Crippen LogP contribution in [0.3, 0.4) is 0 Å². The molecule has 0 spiro atoms. The maximum absolute atomic E-state index is 12.4. The fourth-order valence-corrected chi connectivity index (χ4v) is 2.81. The van der Waals surface area contributed by atoms with E-state index in [2.05, 4.69) is 5.32 Å². The number of rotatable bonds is 4. The van der Waals surface area contributed by atoms with Crippen molar-refractivity contribution in [2.75, 3.05) is 12.4 Å². The van der Waals surface area contributed by atoms with Crippen LogP contribution in [0.1, 0.15) is 24.8 Å². The minimum absolute atomic E-state index is 0. The topological polar surface area (TPSA) is 75.4 Å². The van der Waals surface area contributed by atoms with Crippen molar-refractivity contribution in [1.82, 2.24) is 4.90 Å². The van der Waals surface area contributed by atoms with Crippen LogP contribution >= 0.6 is 12.4 Å². The highest BCUT2D eigenvalue weighted by Gasteiger charge is 2.41. The summed E-state index contributed by atoms with van der Waals surface area (Å²) >= 11 is 0. The molecule has 1 aliphatic carbocycles. The molecule has 2 rings (SSSR count). The SMILES string of the molecule is CN(Cc1cccc(NC(=O)C2CCC(N)C2)c1)C(=O)C(F)(F)F.Cl. The van der Waals surface area contributed by atoms with Crippen LogP contribution in [0.4, 0.5) is 18.9 Å². The van der Waals surface area contributed by atoms with Crippen molar-refractivity contribution in [1.29, 1.82) is 0 Å². The molecular formula is C16H21ClF3N3O2. The van der Waals surface area contributed by atoms with E-state index in [4.69, 9.17) is 5.73 Å². The first kappa shape index (κ1) is 21.2. The standard InChI is InChI=1S/C16H20F3N3O2.ClH/c1-22(15(24)16(17,18)19)9-10-3-2-4-13(7-10)21-14(23)11-5-6-12(20)8-11;/h2-4,7,11-12H,5-6,8-9,20H2,1H3,(H,21,23);1H. The minimum Gasteiger partial charge on any atom is -0.334 e. The van der Waals surface area contributed by atoms with E-state index in [1.807, 2.05) is 0 Å². The van der Waals surface area contributed by atoms with Crippen LogP contribution in [0, 0.1) is 5.92 Å². The summed E-state index contributed by atoms with van der Waals surface area (Å²) in [4.78, 5) is 23.9. The quantitative estimate of drug-likeness (QED) is 0.844. The maximum Gasteiger partial charge on any atom is 0.471 e. The minimum atomic E-state index is -4.90. The van der Waals surface area contributed by atoms with E-state index in [1.54, 1.807) is 24.3 Å². The normalized spacial score (nSPS) is 19.9. The average molecular weight is 380 g/mol. The zero-order valence-electron chi connectivity index (χ0n) is 13.7. The van der Waals surface area contributed by atoms with E-state index in [1.165, 1.54) is 0 Å². The molecule has 2 amide bonds. The summed E-state index contributed by atoms with van der Waals surface area (Å²) in [6, 6.07) is 6.47. The van der Waals surface area contributed by atoms with Gasteiger partial charge >= 0.3 is 12.1 Å². The highest BCUT2D eigenvalue weighted by atomic mass is 35.5. The summed E-state index contributed by atoms with van der Waals surface area (Å²) in [6.45, 7) is -0.198. The van der Waals surface area contributed by atoms with Gasteiger partial charge in [-0.2, -0.15) is 13.2 Å². The van der Waals surface area contributed by atoms with Gasteiger partial charge < -0.3 is 16.0 Å². The Hall–Kier alpha value is -1.80. The Morgan fingerprint density at radius 3 is 2.56 bits per heavy atom. The zero-order chi connectivity index (χ0) is 17.9. The number of nitrogens with one attached hydrogen (secondary N) is 1. The number of carbonyl (C=O) groups is 2. The molecule has 1 saturated carbocycles. The number of alkyl halides is 3. The lowest BCUT2D eigenvalue weighted by Crippen LogP contribution is -2.37. The monoisotopic (exact) mass is 379 g/mol. The molecular weight excluding hydrogens is 359 g/mol. The first-order chi connectivity index (χ1) is 11.2. The van der Waals surface area contributed by atoms with Crippen LogP contribution in [0.25, 0.3) is 0 Å². The lowest BCUT2D eigenvalue weighted by molar-refractivity contribution is -0.184. The van der Waals surface area contributed by atoms with Gasteiger partial charge in [0.2, 0.25) is 5.91 Å². The number of benzene rings is 1. The number of hydrogen-bond donors (Lipinski definition) is 2. The van der Waals surface area contributed by atoms with Gasteiger partial charge in [-0.15, -0.1) is 12.4 Å². The Labute approximate surface area is 150 Å². The first-order valence-electron chi connectivity index (χ1n) is 7.64. The van der Waals surface area contributed by atoms with Gasteiger partial charge in [-0.1, -0.05) is 12.1 Å². The van der Waals surface area contributed by atoms with Crippen LogP contribution in [-0.4, -0.2) is 36.0 Å². The largest absolute Gasteiger partial charge is 0.471 e. The van der Waals surface area contributed by atoms with Gasteiger partial charge in [0.1, 0.15) is 0 Å². The van der Waals surface area contributed by atoms with Crippen LogP contribution in [0.5, 0.6) is 0 Å². The molecule has 2 atom stereocenters. The number of halogens is 4. The third kappa shape index (κ3) is 5.89. The van der Waals surface area contributed by atoms with E-state index in [-0.39, 0.29) is 36.8 Å². The summed E-state index contributed by atoms with van der Waals surface area (Å²) in [5.74, 6) is -2.19. The molecule has 0 aromatic heterocycles. The molecule has 9 heteroatoms. The van der Waals surface area contributed by atoms with Crippen LogP contribution < -0.4 is 11.1 Å². The second-order valence-electron chi connectivity index (χ2n) is 6.12. The Balaban J connectivity index is 0.00000312. The summed E-state index contributed by atoms with van der Waals surface area (Å²) < 4.78 is 37.2. The molecule has 5 nitrogen and oxygen atoms in total. The Bertz CT molecular complexity index is 625. The lowest BCUT2D eigenvalue weighted by Gasteiger charge is -2.19. The molecule has 1 fully saturated rings. The predicted octanol–water partition coefficient (Wildman–Crippen LogP) is 2.70. The van der Waals surface area contributed by atoms with Crippen molar-refractivity contribution in [3.05, 3.63) is 29.8 Å². The molecule has 140 valence electrons. The summed E-state index contributed by atoms with van der Waals surface area (Å²) in [7, 11) is 1.08. The van der Waals surface area contributed by atoms with Crippen molar-refractivity contribution in [3.63, 3.8) is 0 Å². The second-order valence-corrected chi connectivity index (χ2v) is 6.12. The lowest BCUT2D eigenvalue weighted by atomic mass is 10.1. The fraction of sp³-hybridized carbons (Fsp3) is 0.500. The summed E-state index contributed by atoms with van der Waals surface area (Å²) in [6.07, 6.45) is -2.73. The third-order valence-electron chi connectivity index (χ3n) is 4.05. The molecule has 3 N–H and O–H groups in total. The van der Waals surface area contributed by atoms with Gasteiger partial charge in [0.05, 0.1) is 0 Å². The van der Waals surface area contributed by atoms with Crippen LogP contribution in [0.2, 0.25) is 0 Å². The molecule has 0 radical (unpaired) electrons. The Morgan fingerprint density at radius 2 is 2.00 bits per heavy atom. The van der Waals surface area contributed by atoms with Crippen LogP contribution in [-0.2, 0) is 16.1 Å². The number of nitrogens with zero attached hydrogens (tertiary/aromatic N) is 1. The van der Waals surface area contributed by atoms with E-state index < -0.39 is 12.1 Å². The highest BCUT2D eigenvalue weighted by molar-refractivity contribution is 5.92. The fourth-order valence-electron chi connectivity index (χ4n) is 2.81. The number of carbonyl (C=O) groups excluding carboxylic acids is 2. The van der Waals surface area contributed by atoms with E-state index in [0.29, 0.717) is 22.6 Å². The highest BCUT2D eigenvalue weighted by Crippen LogP contribution is 2.26. The molecule has 0 bridgehead atoms.